The number of hydrogen-bond acceptors (Lipinski definition) is 2. The van der Waals surface area contributed by atoms with Crippen LogP contribution < -0.4 is 9.47 Å². The molecule has 0 N–H and O–H groups in total. The van der Waals surface area contributed by atoms with E-state index in [0.29, 0.717) is 6.61 Å². The van der Waals surface area contributed by atoms with Gasteiger partial charge in [0.2, 0.25) is 0 Å². The summed E-state index contributed by atoms with van der Waals surface area (Å²) in [5.41, 5.74) is 3.41. The minimum atomic E-state index is 0.494. The average molecular weight is 400 g/mol. The van der Waals surface area contributed by atoms with E-state index in [-0.39, 0.29) is 0 Å². The Morgan fingerprint density at radius 2 is 1.85 bits per heavy atom. The quantitative estimate of drug-likeness (QED) is 0.640. The van der Waals surface area contributed by atoms with Crippen LogP contribution >= 0.6 is 31.9 Å². The van der Waals surface area contributed by atoms with Crippen molar-refractivity contribution >= 4 is 31.9 Å². The predicted molar refractivity (Wildman–Crippen MR) is 88.8 cm³/mol. The summed E-state index contributed by atoms with van der Waals surface area (Å²) in [5, 5.41) is 0.790. The van der Waals surface area contributed by atoms with E-state index in [2.05, 4.69) is 44.8 Å². The number of halogens is 2. The number of alkyl halides is 1. The van der Waals surface area contributed by atoms with E-state index in [4.69, 9.17) is 9.47 Å². The van der Waals surface area contributed by atoms with Crippen LogP contribution in [0.25, 0.3) is 0 Å². The Hall–Kier alpha value is -1.000. The minimum absolute atomic E-state index is 0.494. The molecular formula is C16H16Br2O2. The van der Waals surface area contributed by atoms with Crippen molar-refractivity contribution in [2.45, 2.75) is 18.9 Å². The van der Waals surface area contributed by atoms with Crippen molar-refractivity contribution in [3.05, 3.63) is 57.6 Å². The zero-order valence-corrected chi connectivity index (χ0v) is 14.6. The maximum atomic E-state index is 5.87. The maximum Gasteiger partial charge on any atom is 0.125 e. The van der Waals surface area contributed by atoms with Crippen molar-refractivity contribution in [3.63, 3.8) is 0 Å². The number of hydrogen-bond donors (Lipinski definition) is 0. The fraction of sp³-hybridized carbons (Fsp3) is 0.250. The molecule has 2 rings (SSSR count). The summed E-state index contributed by atoms with van der Waals surface area (Å²) >= 11 is 6.98. The highest BCUT2D eigenvalue weighted by molar-refractivity contribution is 9.10. The molecule has 2 aromatic carbocycles. The summed E-state index contributed by atoms with van der Waals surface area (Å²) in [5.74, 6) is 1.71. The highest BCUT2D eigenvalue weighted by atomic mass is 79.9. The van der Waals surface area contributed by atoms with Gasteiger partial charge in [-0.3, -0.25) is 0 Å². The number of aryl methyl sites for hydroxylation is 1. The topological polar surface area (TPSA) is 18.5 Å². The van der Waals surface area contributed by atoms with E-state index >= 15 is 0 Å². The Bertz CT molecular complexity index is 597. The second kappa shape index (κ2) is 7.14. The van der Waals surface area contributed by atoms with E-state index in [1.54, 1.807) is 7.11 Å². The van der Waals surface area contributed by atoms with Gasteiger partial charge in [0.05, 0.1) is 7.11 Å². The van der Waals surface area contributed by atoms with E-state index in [9.17, 15) is 0 Å². The summed E-state index contributed by atoms with van der Waals surface area (Å²) in [6.45, 7) is 2.56. The van der Waals surface area contributed by atoms with Crippen LogP contribution in [0.1, 0.15) is 16.7 Å². The number of methoxy groups -OCH3 is 1. The molecular weight excluding hydrogens is 384 g/mol. The first-order chi connectivity index (χ1) is 9.63. The zero-order chi connectivity index (χ0) is 14.5. The molecule has 0 unspecified atom stereocenters. The Kier molecular flexibility index (Phi) is 5.49. The van der Waals surface area contributed by atoms with Crippen LogP contribution in [-0.2, 0) is 11.9 Å². The van der Waals surface area contributed by atoms with Gasteiger partial charge in [0.1, 0.15) is 18.1 Å². The Morgan fingerprint density at radius 1 is 1.05 bits per heavy atom. The molecule has 4 heteroatoms. The lowest BCUT2D eigenvalue weighted by atomic mass is 10.1. The lowest BCUT2D eigenvalue weighted by Gasteiger charge is -2.12. The molecule has 0 aliphatic heterocycles. The molecule has 0 radical (unpaired) electrons. The monoisotopic (exact) mass is 398 g/mol. The number of benzene rings is 2. The molecule has 0 atom stereocenters. The molecule has 0 aromatic heterocycles. The zero-order valence-electron chi connectivity index (χ0n) is 11.5. The lowest BCUT2D eigenvalue weighted by molar-refractivity contribution is 0.296. The fourth-order valence-corrected chi connectivity index (χ4v) is 3.15. The van der Waals surface area contributed by atoms with Gasteiger partial charge in [0.15, 0.2) is 0 Å². The first kappa shape index (κ1) is 15.4. The van der Waals surface area contributed by atoms with E-state index in [0.717, 1.165) is 26.9 Å². The number of ether oxygens (including phenoxy) is 2. The molecule has 2 aromatic rings. The molecule has 0 saturated heterocycles. The highest BCUT2D eigenvalue weighted by Crippen LogP contribution is 2.26. The minimum Gasteiger partial charge on any atom is -0.496 e. The average Bonchev–Trinajstić information content (AvgIpc) is 2.46. The maximum absolute atomic E-state index is 5.87. The Morgan fingerprint density at radius 3 is 2.55 bits per heavy atom. The van der Waals surface area contributed by atoms with Gasteiger partial charge in [-0.1, -0.05) is 43.5 Å². The van der Waals surface area contributed by atoms with E-state index < -0.39 is 0 Å². The highest BCUT2D eigenvalue weighted by Gasteiger charge is 2.06. The van der Waals surface area contributed by atoms with Gasteiger partial charge < -0.3 is 9.47 Å². The molecule has 0 saturated carbocycles. The third-order valence-electron chi connectivity index (χ3n) is 2.99. The van der Waals surface area contributed by atoms with E-state index in [1.165, 1.54) is 11.1 Å². The Balaban J connectivity index is 2.14. The van der Waals surface area contributed by atoms with Crippen molar-refractivity contribution in [1.82, 2.24) is 0 Å². The standard InChI is InChI=1S/C16H16Br2O2/c1-11-3-6-16(19-2)13(7-11)10-20-14-4-5-15(18)12(8-14)9-17/h3-8H,9-10H2,1-2H3. The largest absolute Gasteiger partial charge is 0.496 e. The molecule has 0 heterocycles. The van der Waals surface area contributed by atoms with Crippen molar-refractivity contribution in [1.29, 1.82) is 0 Å². The van der Waals surface area contributed by atoms with Gasteiger partial charge in [-0.05, 0) is 42.8 Å². The summed E-state index contributed by atoms with van der Waals surface area (Å²) in [6, 6.07) is 12.1. The second-order valence-corrected chi connectivity index (χ2v) is 5.91. The molecule has 0 amide bonds. The Labute approximate surface area is 136 Å². The molecule has 0 spiro atoms. The van der Waals surface area contributed by atoms with Crippen molar-refractivity contribution in [3.8, 4) is 11.5 Å². The van der Waals surface area contributed by atoms with Crippen LogP contribution in [0, 0.1) is 6.92 Å². The van der Waals surface area contributed by atoms with E-state index in [1.807, 2.05) is 30.3 Å². The smallest absolute Gasteiger partial charge is 0.125 e. The molecule has 20 heavy (non-hydrogen) atoms. The molecule has 2 nitrogen and oxygen atoms in total. The summed E-state index contributed by atoms with van der Waals surface area (Å²) in [4.78, 5) is 0. The molecule has 106 valence electrons. The summed E-state index contributed by atoms with van der Waals surface area (Å²) in [7, 11) is 1.68. The van der Waals surface area contributed by atoms with Gasteiger partial charge in [0.25, 0.3) is 0 Å². The molecule has 0 bridgehead atoms. The van der Waals surface area contributed by atoms with Crippen molar-refractivity contribution < 1.29 is 9.47 Å². The van der Waals surface area contributed by atoms with Gasteiger partial charge in [-0.15, -0.1) is 0 Å². The first-order valence-corrected chi connectivity index (χ1v) is 8.16. The van der Waals surface area contributed by atoms with Crippen LogP contribution in [0.3, 0.4) is 0 Å². The van der Waals surface area contributed by atoms with Gasteiger partial charge in [0, 0.05) is 15.4 Å². The molecule has 0 aliphatic rings. The fourth-order valence-electron chi connectivity index (χ4n) is 1.92. The summed E-state index contributed by atoms with van der Waals surface area (Å²) in [6.07, 6.45) is 0. The third kappa shape index (κ3) is 3.76. The lowest BCUT2D eigenvalue weighted by Crippen LogP contribution is -1.99. The molecule has 0 fully saturated rings. The van der Waals surface area contributed by atoms with Crippen LogP contribution in [0.4, 0.5) is 0 Å². The predicted octanol–water partition coefficient (Wildman–Crippen LogP) is 5.24. The van der Waals surface area contributed by atoms with Crippen LogP contribution in [0.2, 0.25) is 0 Å². The van der Waals surface area contributed by atoms with Crippen LogP contribution in [0.5, 0.6) is 11.5 Å². The van der Waals surface area contributed by atoms with Crippen LogP contribution in [0.15, 0.2) is 40.9 Å². The second-order valence-electron chi connectivity index (χ2n) is 4.49. The third-order valence-corrected chi connectivity index (χ3v) is 4.37. The van der Waals surface area contributed by atoms with Crippen molar-refractivity contribution in [2.75, 3.05) is 7.11 Å². The first-order valence-electron chi connectivity index (χ1n) is 6.24. The van der Waals surface area contributed by atoms with Gasteiger partial charge >= 0.3 is 0 Å². The normalized spacial score (nSPS) is 10.4. The van der Waals surface area contributed by atoms with Crippen LogP contribution in [-0.4, -0.2) is 7.11 Å². The summed E-state index contributed by atoms with van der Waals surface area (Å²) < 4.78 is 12.3. The van der Waals surface area contributed by atoms with Crippen molar-refractivity contribution in [2.24, 2.45) is 0 Å². The number of rotatable bonds is 5. The SMILES string of the molecule is COc1ccc(C)cc1COc1ccc(Br)c(CBr)c1. The molecule has 0 aliphatic carbocycles. The van der Waals surface area contributed by atoms with Gasteiger partial charge in [-0.25, -0.2) is 0 Å². The van der Waals surface area contributed by atoms with Gasteiger partial charge in [-0.2, -0.15) is 0 Å².